The highest BCUT2D eigenvalue weighted by Gasteiger charge is 2.13. The molecule has 1 saturated heterocycles. The van der Waals surface area contributed by atoms with Gasteiger partial charge in [-0.25, -0.2) is 4.99 Å². The summed E-state index contributed by atoms with van der Waals surface area (Å²) >= 11 is 0. The van der Waals surface area contributed by atoms with Crippen molar-refractivity contribution in [1.82, 2.24) is 15.5 Å². The van der Waals surface area contributed by atoms with Gasteiger partial charge in [0.25, 0.3) is 0 Å². The van der Waals surface area contributed by atoms with Crippen LogP contribution in [0.1, 0.15) is 31.9 Å². The van der Waals surface area contributed by atoms with Crippen LogP contribution < -0.4 is 10.6 Å². The van der Waals surface area contributed by atoms with E-state index in [1.807, 2.05) is 6.92 Å². The van der Waals surface area contributed by atoms with Gasteiger partial charge in [-0.2, -0.15) is 0 Å². The summed E-state index contributed by atoms with van der Waals surface area (Å²) in [5, 5.41) is 16.6. The number of aliphatic imine (C=N–C) groups is 1. The Kier molecular flexibility index (Phi) is 14.3. The van der Waals surface area contributed by atoms with Crippen molar-refractivity contribution in [2.24, 2.45) is 10.9 Å². The molecule has 8 heteroatoms. The molecule has 1 atom stereocenters. The molecule has 7 nitrogen and oxygen atoms in total. The van der Waals surface area contributed by atoms with Gasteiger partial charge in [-0.3, -0.25) is 4.90 Å². The standard InChI is InChI=1S/C22H38N4O3.HI/c1-4-23-22(25-14-21(27)17-29-16-18(2)3)24-13-19-7-5-6-8-20(19)15-26-9-11-28-12-10-26;/h5-8,18,21,27H,4,9-17H2,1-3H3,(H2,23,24,25);1H. The van der Waals surface area contributed by atoms with E-state index in [0.717, 1.165) is 39.4 Å². The summed E-state index contributed by atoms with van der Waals surface area (Å²) in [5.74, 6) is 1.17. The van der Waals surface area contributed by atoms with E-state index in [2.05, 4.69) is 53.6 Å². The Morgan fingerprint density at radius 2 is 1.87 bits per heavy atom. The number of aliphatic hydroxyl groups excluding tert-OH is 1. The summed E-state index contributed by atoms with van der Waals surface area (Å²) in [6.45, 7) is 13.4. The molecule has 0 amide bonds. The molecule has 0 bridgehead atoms. The van der Waals surface area contributed by atoms with Crippen LogP contribution in [0.2, 0.25) is 0 Å². The van der Waals surface area contributed by atoms with Crippen molar-refractivity contribution >= 4 is 29.9 Å². The monoisotopic (exact) mass is 534 g/mol. The first-order valence-corrected chi connectivity index (χ1v) is 10.7. The maximum absolute atomic E-state index is 10.1. The van der Waals surface area contributed by atoms with Crippen LogP contribution in [-0.4, -0.2) is 74.7 Å². The Labute approximate surface area is 198 Å². The fourth-order valence-corrected chi connectivity index (χ4v) is 3.09. The predicted molar refractivity (Wildman–Crippen MR) is 132 cm³/mol. The molecule has 1 heterocycles. The van der Waals surface area contributed by atoms with Crippen molar-refractivity contribution < 1.29 is 14.6 Å². The molecule has 1 unspecified atom stereocenters. The van der Waals surface area contributed by atoms with Gasteiger partial charge in [-0.05, 0) is 24.0 Å². The molecule has 2 rings (SSSR count). The second kappa shape index (κ2) is 15.8. The van der Waals surface area contributed by atoms with Gasteiger partial charge in [-0.15, -0.1) is 24.0 Å². The van der Waals surface area contributed by atoms with Crippen molar-refractivity contribution in [3.05, 3.63) is 35.4 Å². The van der Waals surface area contributed by atoms with Gasteiger partial charge in [0.05, 0.1) is 32.5 Å². The summed E-state index contributed by atoms with van der Waals surface area (Å²) < 4.78 is 10.9. The second-order valence-corrected chi connectivity index (χ2v) is 7.82. The number of nitrogens with zero attached hydrogens (tertiary/aromatic N) is 2. The van der Waals surface area contributed by atoms with Crippen LogP contribution in [0, 0.1) is 5.92 Å². The van der Waals surface area contributed by atoms with Crippen molar-refractivity contribution in [2.75, 3.05) is 52.6 Å². The second-order valence-electron chi connectivity index (χ2n) is 7.82. The summed E-state index contributed by atoms with van der Waals surface area (Å²) in [4.78, 5) is 7.14. The van der Waals surface area contributed by atoms with E-state index in [9.17, 15) is 5.11 Å². The van der Waals surface area contributed by atoms with Crippen LogP contribution in [0.15, 0.2) is 29.3 Å². The van der Waals surface area contributed by atoms with Gasteiger partial charge < -0.3 is 25.2 Å². The van der Waals surface area contributed by atoms with Crippen LogP contribution in [-0.2, 0) is 22.6 Å². The van der Waals surface area contributed by atoms with Gasteiger partial charge in [-0.1, -0.05) is 38.1 Å². The third-order valence-corrected chi connectivity index (χ3v) is 4.63. The van der Waals surface area contributed by atoms with E-state index >= 15 is 0 Å². The highest BCUT2D eigenvalue weighted by Crippen LogP contribution is 2.14. The Morgan fingerprint density at radius 1 is 1.17 bits per heavy atom. The van der Waals surface area contributed by atoms with Crippen LogP contribution in [0.25, 0.3) is 0 Å². The lowest BCUT2D eigenvalue weighted by atomic mass is 10.1. The lowest BCUT2D eigenvalue weighted by molar-refractivity contribution is 0.0280. The number of halogens is 1. The average molecular weight is 534 g/mol. The van der Waals surface area contributed by atoms with Crippen LogP contribution in [0.4, 0.5) is 0 Å². The topological polar surface area (TPSA) is 78.4 Å². The van der Waals surface area contributed by atoms with Crippen LogP contribution >= 0.6 is 24.0 Å². The zero-order valence-corrected chi connectivity index (χ0v) is 20.9. The molecule has 0 saturated carbocycles. The SMILES string of the molecule is CCNC(=NCc1ccccc1CN1CCOCC1)NCC(O)COCC(C)C.I. The van der Waals surface area contributed by atoms with Gasteiger partial charge in [0.15, 0.2) is 5.96 Å². The van der Waals surface area contributed by atoms with Crippen molar-refractivity contribution in [3.8, 4) is 0 Å². The molecule has 3 N–H and O–H groups in total. The number of hydrogen-bond donors (Lipinski definition) is 3. The first-order chi connectivity index (χ1) is 14.1. The van der Waals surface area contributed by atoms with E-state index < -0.39 is 6.10 Å². The molecule has 1 fully saturated rings. The fourth-order valence-electron chi connectivity index (χ4n) is 3.09. The van der Waals surface area contributed by atoms with Gasteiger partial charge >= 0.3 is 0 Å². The number of aliphatic hydroxyl groups is 1. The van der Waals surface area contributed by atoms with Gasteiger partial charge in [0, 0.05) is 39.3 Å². The first-order valence-electron chi connectivity index (χ1n) is 10.7. The first kappa shape index (κ1) is 27.1. The molecule has 1 aromatic carbocycles. The summed E-state index contributed by atoms with van der Waals surface area (Å²) in [5.41, 5.74) is 2.52. The normalized spacial score (nSPS) is 16.2. The van der Waals surface area contributed by atoms with E-state index in [-0.39, 0.29) is 24.0 Å². The zero-order valence-electron chi connectivity index (χ0n) is 18.6. The minimum atomic E-state index is -0.564. The molecule has 0 aliphatic carbocycles. The summed E-state index contributed by atoms with van der Waals surface area (Å²) in [7, 11) is 0. The van der Waals surface area contributed by atoms with Crippen molar-refractivity contribution in [2.45, 2.75) is 40.0 Å². The van der Waals surface area contributed by atoms with Crippen LogP contribution in [0.3, 0.4) is 0 Å². The molecule has 0 spiro atoms. The van der Waals surface area contributed by atoms with E-state index in [4.69, 9.17) is 14.5 Å². The number of hydrogen-bond acceptors (Lipinski definition) is 5. The quantitative estimate of drug-likeness (QED) is 0.230. The number of ether oxygens (including phenoxy) is 2. The van der Waals surface area contributed by atoms with Crippen molar-refractivity contribution in [3.63, 3.8) is 0 Å². The maximum atomic E-state index is 10.1. The molecule has 1 aliphatic rings. The number of morpholine rings is 1. The molecule has 1 aromatic rings. The average Bonchev–Trinajstić information content (AvgIpc) is 2.71. The number of nitrogens with one attached hydrogen (secondary N) is 2. The Bertz CT molecular complexity index is 610. The smallest absolute Gasteiger partial charge is 0.191 e. The molecule has 0 aromatic heterocycles. The maximum Gasteiger partial charge on any atom is 0.191 e. The number of guanidine groups is 1. The lowest BCUT2D eigenvalue weighted by Gasteiger charge is -2.27. The molecule has 1 aliphatic heterocycles. The predicted octanol–water partition coefficient (Wildman–Crippen LogP) is 2.23. The van der Waals surface area contributed by atoms with E-state index in [1.165, 1.54) is 11.1 Å². The molecule has 30 heavy (non-hydrogen) atoms. The van der Waals surface area contributed by atoms with Crippen LogP contribution in [0.5, 0.6) is 0 Å². The minimum absolute atomic E-state index is 0. The lowest BCUT2D eigenvalue weighted by Crippen LogP contribution is -2.42. The third kappa shape index (κ3) is 10.9. The Hall–Kier alpha value is -0.940. The number of benzene rings is 1. The Morgan fingerprint density at radius 3 is 2.53 bits per heavy atom. The largest absolute Gasteiger partial charge is 0.389 e. The minimum Gasteiger partial charge on any atom is -0.389 e. The van der Waals surface area contributed by atoms with E-state index in [0.29, 0.717) is 38.2 Å². The molecular formula is C22H39IN4O3. The molecular weight excluding hydrogens is 495 g/mol. The number of rotatable bonds is 11. The summed E-state index contributed by atoms with van der Waals surface area (Å²) in [6, 6.07) is 8.46. The summed E-state index contributed by atoms with van der Waals surface area (Å²) in [6.07, 6.45) is -0.564. The highest BCUT2D eigenvalue weighted by molar-refractivity contribution is 14.0. The van der Waals surface area contributed by atoms with Crippen molar-refractivity contribution in [1.29, 1.82) is 0 Å². The van der Waals surface area contributed by atoms with Gasteiger partial charge in [0.1, 0.15) is 0 Å². The molecule has 0 radical (unpaired) electrons. The third-order valence-electron chi connectivity index (χ3n) is 4.63. The zero-order chi connectivity index (χ0) is 20.9. The molecule has 172 valence electrons. The fraction of sp³-hybridized carbons (Fsp3) is 0.682. The van der Waals surface area contributed by atoms with Gasteiger partial charge in [0.2, 0.25) is 0 Å². The van der Waals surface area contributed by atoms with E-state index in [1.54, 1.807) is 0 Å². The Balaban J connectivity index is 0.00000450. The highest BCUT2D eigenvalue weighted by atomic mass is 127.